The van der Waals surface area contributed by atoms with Gasteiger partial charge in [0.1, 0.15) is 11.9 Å². The predicted molar refractivity (Wildman–Crippen MR) is 102 cm³/mol. The van der Waals surface area contributed by atoms with Gasteiger partial charge in [-0.1, -0.05) is 17.7 Å². The van der Waals surface area contributed by atoms with Gasteiger partial charge in [-0.15, -0.1) is 0 Å². The van der Waals surface area contributed by atoms with Gasteiger partial charge in [0.05, 0.1) is 29.2 Å². The molecule has 0 saturated heterocycles. The number of amides is 1. The number of rotatable bonds is 6. The van der Waals surface area contributed by atoms with Gasteiger partial charge in [0, 0.05) is 29.7 Å². The van der Waals surface area contributed by atoms with Crippen LogP contribution in [0.25, 0.3) is 11.3 Å². The highest BCUT2D eigenvalue weighted by atomic mass is 35.5. The van der Waals surface area contributed by atoms with Crippen LogP contribution in [0.15, 0.2) is 36.7 Å². The number of aryl methyl sites for hydroxylation is 1. The fourth-order valence-corrected chi connectivity index (χ4v) is 2.99. The lowest BCUT2D eigenvalue weighted by atomic mass is 10.1. The van der Waals surface area contributed by atoms with Crippen molar-refractivity contribution in [1.82, 2.24) is 25.1 Å². The van der Waals surface area contributed by atoms with Crippen molar-refractivity contribution in [2.24, 2.45) is 0 Å². The summed E-state index contributed by atoms with van der Waals surface area (Å²) in [4.78, 5) is 19.2. The van der Waals surface area contributed by atoms with E-state index in [4.69, 9.17) is 16.9 Å². The number of aromatic nitrogens is 4. The Morgan fingerprint density at radius 1 is 1.44 bits per heavy atom. The molecule has 2 heterocycles. The number of carbonyl (C=O) groups excluding carboxylic acids is 1. The quantitative estimate of drug-likeness (QED) is 0.684. The van der Waals surface area contributed by atoms with Crippen molar-refractivity contribution in [1.29, 1.82) is 5.26 Å². The van der Waals surface area contributed by atoms with E-state index in [0.29, 0.717) is 17.1 Å². The maximum Gasteiger partial charge on any atom is 0.226 e. The zero-order valence-corrected chi connectivity index (χ0v) is 15.8. The Morgan fingerprint density at radius 2 is 2.26 bits per heavy atom. The monoisotopic (exact) mass is 382 g/mol. The van der Waals surface area contributed by atoms with Crippen LogP contribution < -0.4 is 5.32 Å². The number of halogens is 1. The molecule has 2 aromatic heterocycles. The van der Waals surface area contributed by atoms with E-state index in [1.165, 1.54) is 0 Å². The standard InChI is InChI=1S/C19H19ClN6O/c1-12(23-19(27)8-16-10-22-13(2)24-16)11-26-6-5-18(25-26)14-3-4-15(9-21)17(20)7-14/h3-7,10,12H,8,11H2,1-2H3,(H,22,24)(H,23,27)/t12-/m0/s1. The SMILES string of the molecule is Cc1ncc(CC(=O)N[C@@H](C)Cn2ccc(-c3ccc(C#N)c(Cl)c3)n2)[nH]1. The van der Waals surface area contributed by atoms with Crippen molar-refractivity contribution in [2.45, 2.75) is 32.9 Å². The van der Waals surface area contributed by atoms with Crippen LogP contribution in [0, 0.1) is 18.3 Å². The number of benzene rings is 1. The van der Waals surface area contributed by atoms with Gasteiger partial charge in [-0.05, 0) is 32.0 Å². The maximum absolute atomic E-state index is 12.1. The highest BCUT2D eigenvalue weighted by Crippen LogP contribution is 2.24. The van der Waals surface area contributed by atoms with Crippen LogP contribution in [-0.4, -0.2) is 31.7 Å². The van der Waals surface area contributed by atoms with Gasteiger partial charge in [-0.2, -0.15) is 10.4 Å². The second-order valence-corrected chi connectivity index (χ2v) is 6.78. The van der Waals surface area contributed by atoms with E-state index >= 15 is 0 Å². The molecule has 0 fully saturated rings. The third kappa shape index (κ3) is 4.74. The van der Waals surface area contributed by atoms with Crippen LogP contribution in [-0.2, 0) is 17.8 Å². The minimum absolute atomic E-state index is 0.0718. The number of aromatic amines is 1. The average molecular weight is 383 g/mol. The van der Waals surface area contributed by atoms with Gasteiger partial charge in [0.15, 0.2) is 0 Å². The molecule has 1 aromatic carbocycles. The fraction of sp³-hybridized carbons (Fsp3) is 0.263. The molecule has 0 spiro atoms. The van der Waals surface area contributed by atoms with Crippen molar-refractivity contribution in [3.8, 4) is 17.3 Å². The van der Waals surface area contributed by atoms with Crippen LogP contribution in [0.3, 0.4) is 0 Å². The van der Waals surface area contributed by atoms with Gasteiger partial charge in [0.25, 0.3) is 0 Å². The Balaban J connectivity index is 1.59. The molecule has 0 radical (unpaired) electrons. The molecule has 1 atom stereocenters. The molecule has 2 N–H and O–H groups in total. The second kappa shape index (κ2) is 8.06. The van der Waals surface area contributed by atoms with Gasteiger partial charge in [-0.3, -0.25) is 9.48 Å². The summed E-state index contributed by atoms with van der Waals surface area (Å²) in [6.07, 6.45) is 3.78. The largest absolute Gasteiger partial charge is 0.351 e. The lowest BCUT2D eigenvalue weighted by Gasteiger charge is -2.13. The van der Waals surface area contributed by atoms with Crippen molar-refractivity contribution in [3.63, 3.8) is 0 Å². The van der Waals surface area contributed by atoms with Gasteiger partial charge >= 0.3 is 0 Å². The molecule has 0 aliphatic rings. The molecule has 7 nitrogen and oxygen atoms in total. The molecule has 0 saturated carbocycles. The summed E-state index contributed by atoms with van der Waals surface area (Å²) in [6, 6.07) is 9.05. The van der Waals surface area contributed by atoms with Crippen molar-refractivity contribution < 1.29 is 4.79 Å². The second-order valence-electron chi connectivity index (χ2n) is 6.37. The highest BCUT2D eigenvalue weighted by Gasteiger charge is 2.12. The van der Waals surface area contributed by atoms with Crippen LogP contribution in [0.4, 0.5) is 0 Å². The van der Waals surface area contributed by atoms with Gasteiger partial charge in [-0.25, -0.2) is 4.98 Å². The van der Waals surface area contributed by atoms with Crippen molar-refractivity contribution >= 4 is 17.5 Å². The molecule has 0 unspecified atom stereocenters. The number of hydrogen-bond donors (Lipinski definition) is 2. The number of nitrogens with one attached hydrogen (secondary N) is 2. The molecule has 0 aliphatic heterocycles. The molecule has 3 rings (SSSR count). The summed E-state index contributed by atoms with van der Waals surface area (Å²) in [5.74, 6) is 0.718. The number of nitrogens with zero attached hydrogens (tertiary/aromatic N) is 4. The normalized spacial score (nSPS) is 11.8. The van der Waals surface area contributed by atoms with Crippen molar-refractivity contribution in [3.05, 3.63) is 58.8 Å². The molecule has 8 heteroatoms. The van der Waals surface area contributed by atoms with Crippen LogP contribution >= 0.6 is 11.6 Å². The molecule has 0 bridgehead atoms. The molecule has 138 valence electrons. The predicted octanol–water partition coefficient (Wildman–Crippen LogP) is 2.85. The molecule has 1 amide bonds. The zero-order valence-electron chi connectivity index (χ0n) is 15.0. The van der Waals surface area contributed by atoms with Crippen LogP contribution in [0.5, 0.6) is 0 Å². The van der Waals surface area contributed by atoms with Crippen LogP contribution in [0.2, 0.25) is 5.02 Å². The Kier molecular flexibility index (Phi) is 5.57. The van der Waals surface area contributed by atoms with Gasteiger partial charge in [0.2, 0.25) is 5.91 Å². The third-order valence-electron chi connectivity index (χ3n) is 4.00. The Morgan fingerprint density at radius 3 is 2.93 bits per heavy atom. The first-order valence-corrected chi connectivity index (χ1v) is 8.85. The van der Waals surface area contributed by atoms with Crippen molar-refractivity contribution in [2.75, 3.05) is 0 Å². The number of imidazole rings is 1. The molecular weight excluding hydrogens is 364 g/mol. The minimum atomic E-state index is -0.0844. The van der Waals surface area contributed by atoms with E-state index in [0.717, 1.165) is 22.8 Å². The topological polar surface area (TPSA) is 99.4 Å². The molecule has 27 heavy (non-hydrogen) atoms. The first kappa shape index (κ1) is 18.7. The van der Waals surface area contributed by atoms with E-state index in [2.05, 4.69) is 20.4 Å². The third-order valence-corrected chi connectivity index (χ3v) is 4.31. The lowest BCUT2D eigenvalue weighted by Crippen LogP contribution is -2.36. The maximum atomic E-state index is 12.1. The summed E-state index contributed by atoms with van der Waals surface area (Å²) in [5.41, 5.74) is 2.82. The van der Waals surface area contributed by atoms with E-state index in [1.54, 1.807) is 23.0 Å². The summed E-state index contributed by atoms with van der Waals surface area (Å²) in [7, 11) is 0. The number of hydrogen-bond acceptors (Lipinski definition) is 4. The first-order valence-electron chi connectivity index (χ1n) is 8.48. The number of carbonyl (C=O) groups is 1. The highest BCUT2D eigenvalue weighted by molar-refractivity contribution is 6.32. The lowest BCUT2D eigenvalue weighted by molar-refractivity contribution is -0.121. The first-order chi connectivity index (χ1) is 12.9. The summed E-state index contributed by atoms with van der Waals surface area (Å²) >= 11 is 6.08. The van der Waals surface area contributed by atoms with Gasteiger partial charge < -0.3 is 10.3 Å². The summed E-state index contributed by atoms with van der Waals surface area (Å²) < 4.78 is 1.77. The number of nitriles is 1. The molecule has 0 aliphatic carbocycles. The van der Waals surface area contributed by atoms with Crippen LogP contribution in [0.1, 0.15) is 24.0 Å². The van der Waals surface area contributed by atoms with E-state index in [9.17, 15) is 4.79 Å². The smallest absolute Gasteiger partial charge is 0.226 e. The zero-order chi connectivity index (χ0) is 19.4. The Hall–Kier alpha value is -3.11. The number of H-pyrrole nitrogens is 1. The van der Waals surface area contributed by atoms with E-state index in [1.807, 2.05) is 38.2 Å². The summed E-state index contributed by atoms with van der Waals surface area (Å²) in [5, 5.41) is 16.8. The van der Waals surface area contributed by atoms with E-state index in [-0.39, 0.29) is 18.4 Å². The fourth-order valence-electron chi connectivity index (χ4n) is 2.77. The minimum Gasteiger partial charge on any atom is -0.351 e. The molecule has 3 aromatic rings. The van der Waals surface area contributed by atoms with E-state index < -0.39 is 0 Å². The molecular formula is C19H19ClN6O. The average Bonchev–Trinajstić information content (AvgIpc) is 3.23. The Labute approximate surface area is 162 Å². The summed E-state index contributed by atoms with van der Waals surface area (Å²) in [6.45, 7) is 4.31. The Bertz CT molecular complexity index is 1000.